The largest absolute Gasteiger partial charge is 0.326 e. The maximum Gasteiger partial charge on any atom is 0.00975 e. The van der Waals surface area contributed by atoms with Gasteiger partial charge in [-0.1, -0.05) is 13.3 Å². The Bertz CT molecular complexity index is 199. The molecule has 102 valence electrons. The predicted octanol–water partition coefficient (Wildman–Crippen LogP) is 3.40. The second-order valence-electron chi connectivity index (χ2n) is 6.66. The number of hydrogen-bond acceptors (Lipinski definition) is 2. The molecule has 0 bridgehead atoms. The third-order valence-corrected chi connectivity index (χ3v) is 4.35. The molecule has 1 aliphatic rings. The third-order valence-electron chi connectivity index (χ3n) is 4.35. The van der Waals surface area contributed by atoms with Gasteiger partial charge >= 0.3 is 0 Å². The van der Waals surface area contributed by atoms with Gasteiger partial charge in [-0.15, -0.1) is 0 Å². The second-order valence-corrected chi connectivity index (χ2v) is 6.66. The molecule has 0 atom stereocenters. The fourth-order valence-electron chi connectivity index (χ4n) is 2.96. The standard InChI is InChI=1S/C15H32N2/c1-5-13-7-9-14(10-8-13)17(4)12-6-11-15(2,3)16/h13-14H,5-12,16H2,1-4H3. The van der Waals surface area contributed by atoms with Gasteiger partial charge in [-0.3, -0.25) is 0 Å². The number of nitrogens with zero attached hydrogens (tertiary/aromatic N) is 1. The van der Waals surface area contributed by atoms with E-state index in [9.17, 15) is 0 Å². The van der Waals surface area contributed by atoms with E-state index in [2.05, 4.69) is 32.7 Å². The van der Waals surface area contributed by atoms with Crippen LogP contribution in [-0.2, 0) is 0 Å². The Morgan fingerprint density at radius 2 is 1.76 bits per heavy atom. The summed E-state index contributed by atoms with van der Waals surface area (Å²) in [7, 11) is 2.29. The average Bonchev–Trinajstić information content (AvgIpc) is 2.27. The molecule has 0 aromatic rings. The molecular weight excluding hydrogens is 208 g/mol. The Labute approximate surface area is 108 Å². The van der Waals surface area contributed by atoms with Crippen molar-refractivity contribution >= 4 is 0 Å². The van der Waals surface area contributed by atoms with E-state index in [-0.39, 0.29) is 5.54 Å². The van der Waals surface area contributed by atoms with Crippen molar-refractivity contribution in [3.05, 3.63) is 0 Å². The first kappa shape index (κ1) is 15.0. The van der Waals surface area contributed by atoms with Gasteiger partial charge in [0.15, 0.2) is 0 Å². The summed E-state index contributed by atoms with van der Waals surface area (Å²) in [6.45, 7) is 7.79. The molecule has 1 fully saturated rings. The minimum Gasteiger partial charge on any atom is -0.326 e. The third kappa shape index (κ3) is 5.87. The van der Waals surface area contributed by atoms with Crippen LogP contribution in [-0.4, -0.2) is 30.1 Å². The lowest BCUT2D eigenvalue weighted by Gasteiger charge is -2.34. The molecule has 1 rings (SSSR count). The lowest BCUT2D eigenvalue weighted by atomic mass is 9.84. The van der Waals surface area contributed by atoms with Crippen molar-refractivity contribution in [1.82, 2.24) is 4.90 Å². The van der Waals surface area contributed by atoms with Crippen LogP contribution >= 0.6 is 0 Å². The van der Waals surface area contributed by atoms with E-state index in [1.165, 1.54) is 45.1 Å². The predicted molar refractivity (Wildman–Crippen MR) is 76.2 cm³/mol. The van der Waals surface area contributed by atoms with Gasteiger partial charge in [0.25, 0.3) is 0 Å². The van der Waals surface area contributed by atoms with Gasteiger partial charge in [0, 0.05) is 11.6 Å². The van der Waals surface area contributed by atoms with Crippen LogP contribution in [0, 0.1) is 5.92 Å². The molecular formula is C15H32N2. The van der Waals surface area contributed by atoms with Crippen molar-refractivity contribution in [1.29, 1.82) is 0 Å². The highest BCUT2D eigenvalue weighted by molar-refractivity contribution is 4.78. The zero-order valence-electron chi connectivity index (χ0n) is 12.3. The van der Waals surface area contributed by atoms with Crippen LogP contribution in [0.3, 0.4) is 0 Å². The molecule has 0 aromatic heterocycles. The molecule has 1 aliphatic carbocycles. The van der Waals surface area contributed by atoms with E-state index in [1.54, 1.807) is 0 Å². The molecule has 0 aromatic carbocycles. The summed E-state index contributed by atoms with van der Waals surface area (Å²) in [5, 5.41) is 0. The number of nitrogens with two attached hydrogens (primary N) is 1. The highest BCUT2D eigenvalue weighted by Crippen LogP contribution is 2.29. The van der Waals surface area contributed by atoms with Crippen LogP contribution < -0.4 is 5.73 Å². The molecule has 0 unspecified atom stereocenters. The maximum absolute atomic E-state index is 6.02. The zero-order valence-corrected chi connectivity index (χ0v) is 12.3. The van der Waals surface area contributed by atoms with Gasteiger partial charge < -0.3 is 10.6 Å². The molecule has 2 heteroatoms. The van der Waals surface area contributed by atoms with Crippen LogP contribution in [0.25, 0.3) is 0 Å². The van der Waals surface area contributed by atoms with Crippen molar-refractivity contribution < 1.29 is 0 Å². The normalized spacial score (nSPS) is 26.5. The SMILES string of the molecule is CCC1CCC(N(C)CCCC(C)(C)N)CC1. The second kappa shape index (κ2) is 6.75. The van der Waals surface area contributed by atoms with Gasteiger partial charge in [0.1, 0.15) is 0 Å². The summed E-state index contributed by atoms with van der Waals surface area (Å²) in [5.41, 5.74) is 6.02. The molecule has 0 aliphatic heterocycles. The number of rotatable bonds is 6. The first-order valence-corrected chi connectivity index (χ1v) is 7.41. The van der Waals surface area contributed by atoms with Crippen molar-refractivity contribution in [2.45, 2.75) is 77.3 Å². The van der Waals surface area contributed by atoms with Crippen LogP contribution in [0.2, 0.25) is 0 Å². The molecule has 2 N–H and O–H groups in total. The molecule has 0 amide bonds. The van der Waals surface area contributed by atoms with E-state index in [1.807, 2.05) is 0 Å². The summed E-state index contributed by atoms with van der Waals surface area (Å²) in [6.07, 6.45) is 9.41. The summed E-state index contributed by atoms with van der Waals surface area (Å²) >= 11 is 0. The minimum absolute atomic E-state index is 0.000705. The van der Waals surface area contributed by atoms with E-state index in [0.717, 1.165) is 18.4 Å². The summed E-state index contributed by atoms with van der Waals surface area (Å²) < 4.78 is 0. The summed E-state index contributed by atoms with van der Waals surface area (Å²) in [4.78, 5) is 2.57. The van der Waals surface area contributed by atoms with Gasteiger partial charge in [0.2, 0.25) is 0 Å². The first-order valence-electron chi connectivity index (χ1n) is 7.41. The van der Waals surface area contributed by atoms with Gasteiger partial charge in [-0.25, -0.2) is 0 Å². The average molecular weight is 240 g/mol. The molecule has 0 heterocycles. The molecule has 2 nitrogen and oxygen atoms in total. The first-order chi connectivity index (χ1) is 7.92. The Hall–Kier alpha value is -0.0800. The summed E-state index contributed by atoms with van der Waals surface area (Å²) in [6, 6.07) is 0.832. The molecule has 0 radical (unpaired) electrons. The smallest absolute Gasteiger partial charge is 0.00975 e. The maximum atomic E-state index is 6.02. The van der Waals surface area contributed by atoms with Gasteiger partial charge in [-0.2, -0.15) is 0 Å². The summed E-state index contributed by atoms with van der Waals surface area (Å²) in [5.74, 6) is 1.00. The van der Waals surface area contributed by atoms with Crippen molar-refractivity contribution in [3.8, 4) is 0 Å². The molecule has 0 saturated heterocycles. The van der Waals surface area contributed by atoms with Crippen molar-refractivity contribution in [2.24, 2.45) is 11.7 Å². The molecule has 0 spiro atoms. The van der Waals surface area contributed by atoms with E-state index >= 15 is 0 Å². The van der Waals surface area contributed by atoms with Crippen LogP contribution in [0.5, 0.6) is 0 Å². The Morgan fingerprint density at radius 3 is 2.24 bits per heavy atom. The van der Waals surface area contributed by atoms with Crippen LogP contribution in [0.1, 0.15) is 65.7 Å². The molecule has 1 saturated carbocycles. The van der Waals surface area contributed by atoms with Gasteiger partial charge in [-0.05, 0) is 71.9 Å². The van der Waals surface area contributed by atoms with E-state index in [0.29, 0.717) is 0 Å². The highest BCUT2D eigenvalue weighted by Gasteiger charge is 2.23. The van der Waals surface area contributed by atoms with Crippen molar-refractivity contribution in [3.63, 3.8) is 0 Å². The fraction of sp³-hybridized carbons (Fsp3) is 1.00. The highest BCUT2D eigenvalue weighted by atomic mass is 15.1. The topological polar surface area (TPSA) is 29.3 Å². The fourth-order valence-corrected chi connectivity index (χ4v) is 2.96. The Kier molecular flexibility index (Phi) is 5.94. The lowest BCUT2D eigenvalue weighted by molar-refractivity contribution is 0.159. The quantitative estimate of drug-likeness (QED) is 0.771. The molecule has 17 heavy (non-hydrogen) atoms. The van der Waals surface area contributed by atoms with Crippen LogP contribution in [0.4, 0.5) is 0 Å². The monoisotopic (exact) mass is 240 g/mol. The van der Waals surface area contributed by atoms with E-state index in [4.69, 9.17) is 5.73 Å². The van der Waals surface area contributed by atoms with Crippen LogP contribution in [0.15, 0.2) is 0 Å². The zero-order chi connectivity index (χ0) is 12.9. The lowest BCUT2D eigenvalue weighted by Crippen LogP contribution is -2.37. The minimum atomic E-state index is 0.000705. The Morgan fingerprint density at radius 1 is 1.18 bits per heavy atom. The number of hydrogen-bond donors (Lipinski definition) is 1. The Balaban J connectivity index is 2.18. The van der Waals surface area contributed by atoms with Gasteiger partial charge in [0.05, 0.1) is 0 Å². The van der Waals surface area contributed by atoms with Crippen molar-refractivity contribution in [2.75, 3.05) is 13.6 Å². The van der Waals surface area contributed by atoms with E-state index < -0.39 is 0 Å².